The first-order valence-electron chi connectivity index (χ1n) is 7.69. The van der Waals surface area contributed by atoms with Gasteiger partial charge in [0.15, 0.2) is 0 Å². The maximum absolute atomic E-state index is 3.68. The SMILES string of the molecule is CCCNC(CSc1ccccc1C)c1cccc(C)c1. The molecule has 0 radical (unpaired) electrons. The Morgan fingerprint density at radius 1 is 1.05 bits per heavy atom. The Morgan fingerprint density at radius 2 is 1.86 bits per heavy atom. The van der Waals surface area contributed by atoms with Crippen molar-refractivity contribution in [3.05, 3.63) is 65.2 Å². The minimum absolute atomic E-state index is 0.412. The van der Waals surface area contributed by atoms with Crippen molar-refractivity contribution in [2.75, 3.05) is 12.3 Å². The standard InChI is InChI=1S/C19H25NS/c1-4-12-20-18(17-10-7-8-15(2)13-17)14-21-19-11-6-5-9-16(19)3/h5-11,13,18,20H,4,12,14H2,1-3H3. The van der Waals surface area contributed by atoms with E-state index in [9.17, 15) is 0 Å². The van der Waals surface area contributed by atoms with E-state index in [-0.39, 0.29) is 0 Å². The second kappa shape index (κ2) is 8.26. The number of rotatable bonds is 7. The fourth-order valence-electron chi connectivity index (χ4n) is 2.37. The van der Waals surface area contributed by atoms with Crippen LogP contribution in [0.1, 0.15) is 36.1 Å². The van der Waals surface area contributed by atoms with Crippen molar-refractivity contribution in [1.82, 2.24) is 5.32 Å². The molecule has 0 aliphatic rings. The molecule has 2 aromatic carbocycles. The van der Waals surface area contributed by atoms with Gasteiger partial charge in [-0.2, -0.15) is 0 Å². The molecular weight excluding hydrogens is 274 g/mol. The van der Waals surface area contributed by atoms with E-state index < -0.39 is 0 Å². The van der Waals surface area contributed by atoms with Gasteiger partial charge in [-0.3, -0.25) is 0 Å². The Kier molecular flexibility index (Phi) is 6.34. The smallest absolute Gasteiger partial charge is 0.0415 e. The number of benzene rings is 2. The molecule has 0 aromatic heterocycles. The van der Waals surface area contributed by atoms with Crippen LogP contribution < -0.4 is 5.32 Å². The van der Waals surface area contributed by atoms with E-state index >= 15 is 0 Å². The van der Waals surface area contributed by atoms with Gasteiger partial charge < -0.3 is 5.32 Å². The van der Waals surface area contributed by atoms with Crippen molar-refractivity contribution in [2.24, 2.45) is 0 Å². The lowest BCUT2D eigenvalue weighted by molar-refractivity contribution is 0.577. The van der Waals surface area contributed by atoms with Gasteiger partial charge in [-0.15, -0.1) is 11.8 Å². The fraction of sp³-hybridized carbons (Fsp3) is 0.368. The molecule has 21 heavy (non-hydrogen) atoms. The Labute approximate surface area is 133 Å². The molecule has 0 spiro atoms. The highest BCUT2D eigenvalue weighted by Crippen LogP contribution is 2.27. The van der Waals surface area contributed by atoms with Gasteiger partial charge in [0.2, 0.25) is 0 Å². The lowest BCUT2D eigenvalue weighted by atomic mass is 10.1. The summed E-state index contributed by atoms with van der Waals surface area (Å²) in [5, 5.41) is 3.68. The molecule has 2 rings (SSSR count). The molecule has 0 aliphatic heterocycles. The number of nitrogens with one attached hydrogen (secondary N) is 1. The van der Waals surface area contributed by atoms with Gasteiger partial charge in [0.25, 0.3) is 0 Å². The van der Waals surface area contributed by atoms with Crippen molar-refractivity contribution >= 4 is 11.8 Å². The highest BCUT2D eigenvalue weighted by atomic mass is 32.2. The summed E-state index contributed by atoms with van der Waals surface area (Å²) < 4.78 is 0. The lowest BCUT2D eigenvalue weighted by Crippen LogP contribution is -2.24. The van der Waals surface area contributed by atoms with Gasteiger partial charge in [0, 0.05) is 16.7 Å². The van der Waals surface area contributed by atoms with E-state index in [4.69, 9.17) is 0 Å². The van der Waals surface area contributed by atoms with Crippen molar-refractivity contribution in [3.63, 3.8) is 0 Å². The lowest BCUT2D eigenvalue weighted by Gasteiger charge is -2.19. The van der Waals surface area contributed by atoms with Gasteiger partial charge >= 0.3 is 0 Å². The number of thioether (sulfide) groups is 1. The summed E-state index contributed by atoms with van der Waals surface area (Å²) in [6.45, 7) is 7.63. The molecule has 2 aromatic rings. The molecule has 112 valence electrons. The summed E-state index contributed by atoms with van der Waals surface area (Å²) in [5.41, 5.74) is 4.09. The quantitative estimate of drug-likeness (QED) is 0.711. The van der Waals surface area contributed by atoms with Crippen LogP contribution >= 0.6 is 11.8 Å². The third-order valence-corrected chi connectivity index (χ3v) is 4.85. The summed E-state index contributed by atoms with van der Waals surface area (Å²) in [5.74, 6) is 1.06. The largest absolute Gasteiger partial charge is 0.309 e. The van der Waals surface area contributed by atoms with E-state index in [1.54, 1.807) is 0 Å². The number of hydrogen-bond donors (Lipinski definition) is 1. The van der Waals surface area contributed by atoms with Crippen LogP contribution in [0.5, 0.6) is 0 Å². The molecule has 0 aliphatic carbocycles. The van der Waals surface area contributed by atoms with Crippen molar-refractivity contribution in [2.45, 2.75) is 38.1 Å². The Balaban J connectivity index is 2.08. The van der Waals surface area contributed by atoms with Crippen LogP contribution in [-0.2, 0) is 0 Å². The molecule has 2 heteroatoms. The van der Waals surface area contributed by atoms with Crippen molar-refractivity contribution in [3.8, 4) is 0 Å². The van der Waals surface area contributed by atoms with Crippen LogP contribution in [0.3, 0.4) is 0 Å². The highest BCUT2D eigenvalue weighted by molar-refractivity contribution is 7.99. The fourth-order valence-corrected chi connectivity index (χ4v) is 3.50. The first-order chi connectivity index (χ1) is 10.2. The van der Waals surface area contributed by atoms with Crippen LogP contribution in [0.4, 0.5) is 0 Å². The zero-order valence-corrected chi connectivity index (χ0v) is 14.0. The molecule has 0 bridgehead atoms. The third kappa shape index (κ3) is 4.90. The average Bonchev–Trinajstić information content (AvgIpc) is 2.49. The monoisotopic (exact) mass is 299 g/mol. The van der Waals surface area contributed by atoms with Gasteiger partial charge in [-0.1, -0.05) is 55.0 Å². The zero-order chi connectivity index (χ0) is 15.1. The summed E-state index contributed by atoms with van der Waals surface area (Å²) in [6, 6.07) is 17.9. The molecule has 0 saturated heterocycles. The van der Waals surface area contributed by atoms with E-state index in [1.165, 1.54) is 21.6 Å². The second-order valence-electron chi connectivity index (χ2n) is 5.50. The average molecular weight is 299 g/mol. The minimum Gasteiger partial charge on any atom is -0.309 e. The van der Waals surface area contributed by atoms with Crippen LogP contribution in [0.15, 0.2) is 53.4 Å². The first kappa shape index (κ1) is 16.1. The third-order valence-electron chi connectivity index (χ3n) is 3.58. The zero-order valence-electron chi connectivity index (χ0n) is 13.2. The Morgan fingerprint density at radius 3 is 2.57 bits per heavy atom. The van der Waals surface area contributed by atoms with Crippen LogP contribution in [-0.4, -0.2) is 12.3 Å². The summed E-state index contributed by atoms with van der Waals surface area (Å²) >= 11 is 1.94. The Bertz CT molecular complexity index is 565. The molecule has 0 heterocycles. The Hall–Kier alpha value is -1.25. The van der Waals surface area contributed by atoms with E-state index in [0.29, 0.717) is 6.04 Å². The highest BCUT2D eigenvalue weighted by Gasteiger charge is 2.12. The molecule has 0 fully saturated rings. The van der Waals surface area contributed by atoms with E-state index in [2.05, 4.69) is 74.6 Å². The molecular formula is C19H25NS. The van der Waals surface area contributed by atoms with Crippen LogP contribution in [0.2, 0.25) is 0 Å². The molecule has 0 saturated carbocycles. The van der Waals surface area contributed by atoms with E-state index in [0.717, 1.165) is 18.7 Å². The number of aryl methyl sites for hydroxylation is 2. The van der Waals surface area contributed by atoms with Gasteiger partial charge in [-0.05, 0) is 44.0 Å². The van der Waals surface area contributed by atoms with Crippen molar-refractivity contribution < 1.29 is 0 Å². The minimum atomic E-state index is 0.412. The predicted octanol–water partition coefficient (Wildman–Crippen LogP) is 5.14. The van der Waals surface area contributed by atoms with E-state index in [1.807, 2.05) is 11.8 Å². The molecule has 0 amide bonds. The summed E-state index contributed by atoms with van der Waals surface area (Å²) in [6.07, 6.45) is 1.16. The van der Waals surface area contributed by atoms with Crippen molar-refractivity contribution in [1.29, 1.82) is 0 Å². The van der Waals surface area contributed by atoms with Crippen LogP contribution in [0, 0.1) is 13.8 Å². The molecule has 1 unspecified atom stereocenters. The number of hydrogen-bond acceptors (Lipinski definition) is 2. The normalized spacial score (nSPS) is 12.3. The second-order valence-corrected chi connectivity index (χ2v) is 6.56. The van der Waals surface area contributed by atoms with Crippen LogP contribution in [0.25, 0.3) is 0 Å². The molecule has 1 nitrogen and oxygen atoms in total. The van der Waals surface area contributed by atoms with Gasteiger partial charge in [-0.25, -0.2) is 0 Å². The summed E-state index contributed by atoms with van der Waals surface area (Å²) in [7, 11) is 0. The van der Waals surface area contributed by atoms with Gasteiger partial charge in [0.05, 0.1) is 0 Å². The molecule has 1 atom stereocenters. The maximum atomic E-state index is 3.68. The first-order valence-corrected chi connectivity index (χ1v) is 8.67. The summed E-state index contributed by atoms with van der Waals surface area (Å²) in [4.78, 5) is 1.38. The topological polar surface area (TPSA) is 12.0 Å². The van der Waals surface area contributed by atoms with Gasteiger partial charge in [0.1, 0.15) is 0 Å². The maximum Gasteiger partial charge on any atom is 0.0415 e. The molecule has 1 N–H and O–H groups in total. The predicted molar refractivity (Wildman–Crippen MR) is 94.1 cm³/mol.